The van der Waals surface area contributed by atoms with Gasteiger partial charge >= 0.3 is 0 Å². The molecule has 3 rings (SSSR count). The van der Waals surface area contributed by atoms with Crippen LogP contribution in [0, 0.1) is 11.6 Å². The highest BCUT2D eigenvalue weighted by Gasteiger charge is 2.26. The van der Waals surface area contributed by atoms with Crippen LogP contribution in [0.1, 0.15) is 18.4 Å². The average Bonchev–Trinajstić information content (AvgIpc) is 3.23. The van der Waals surface area contributed by atoms with Crippen molar-refractivity contribution in [1.82, 2.24) is 20.0 Å². The molecule has 1 aromatic carbocycles. The molecule has 1 N–H and O–H groups in total. The van der Waals surface area contributed by atoms with E-state index in [1.807, 2.05) is 16.9 Å². The van der Waals surface area contributed by atoms with Crippen LogP contribution in [0.25, 0.3) is 0 Å². The molecule has 1 amide bonds. The van der Waals surface area contributed by atoms with Crippen LogP contribution < -0.4 is 5.32 Å². The number of hydrogen-bond donors (Lipinski definition) is 1. The van der Waals surface area contributed by atoms with E-state index >= 15 is 0 Å². The van der Waals surface area contributed by atoms with E-state index < -0.39 is 11.6 Å². The van der Waals surface area contributed by atoms with Crippen molar-refractivity contribution in [1.29, 1.82) is 0 Å². The summed E-state index contributed by atoms with van der Waals surface area (Å²) in [7, 11) is 0. The molecule has 0 saturated carbocycles. The van der Waals surface area contributed by atoms with Crippen molar-refractivity contribution in [3.63, 3.8) is 0 Å². The number of nitrogens with one attached hydrogen (secondary N) is 1. The number of benzene rings is 1. The van der Waals surface area contributed by atoms with E-state index in [-0.39, 0.29) is 30.5 Å². The fraction of sp³-hybridized carbons (Fsp3) is 0.444. The summed E-state index contributed by atoms with van der Waals surface area (Å²) in [5, 5.41) is 6.97. The van der Waals surface area contributed by atoms with Crippen molar-refractivity contribution in [3.8, 4) is 0 Å². The van der Waals surface area contributed by atoms with E-state index in [4.69, 9.17) is 0 Å². The van der Waals surface area contributed by atoms with Crippen molar-refractivity contribution in [2.75, 3.05) is 19.6 Å². The Kier molecular flexibility index (Phi) is 5.75. The predicted molar refractivity (Wildman–Crippen MR) is 89.9 cm³/mol. The highest BCUT2D eigenvalue weighted by Crippen LogP contribution is 2.18. The fourth-order valence-corrected chi connectivity index (χ4v) is 3.27. The molecule has 7 heteroatoms. The molecule has 2 heterocycles. The maximum absolute atomic E-state index is 13.6. The number of likely N-dealkylation sites (tertiary alicyclic amines) is 1. The van der Waals surface area contributed by atoms with Crippen LogP contribution in [0.5, 0.6) is 0 Å². The second-order valence-corrected chi connectivity index (χ2v) is 6.29. The third-order valence-corrected chi connectivity index (χ3v) is 4.56. The average molecular weight is 348 g/mol. The fourth-order valence-electron chi connectivity index (χ4n) is 3.27. The molecule has 1 aliphatic heterocycles. The van der Waals surface area contributed by atoms with Crippen LogP contribution in [-0.4, -0.2) is 46.3 Å². The summed E-state index contributed by atoms with van der Waals surface area (Å²) in [6.07, 6.45) is 5.89. The van der Waals surface area contributed by atoms with Gasteiger partial charge in [0.25, 0.3) is 0 Å². The summed E-state index contributed by atoms with van der Waals surface area (Å²) < 4.78 is 29.0. The number of hydrogen-bond acceptors (Lipinski definition) is 3. The highest BCUT2D eigenvalue weighted by molar-refractivity contribution is 5.78. The topological polar surface area (TPSA) is 50.2 Å². The molecule has 0 spiro atoms. The molecule has 25 heavy (non-hydrogen) atoms. The minimum Gasteiger partial charge on any atom is -0.355 e. The number of aromatic nitrogens is 2. The van der Waals surface area contributed by atoms with E-state index in [1.54, 1.807) is 6.20 Å². The molecule has 0 bridgehead atoms. The minimum atomic E-state index is -0.576. The van der Waals surface area contributed by atoms with Crippen LogP contribution in [0.15, 0.2) is 36.7 Å². The number of carbonyl (C=O) groups is 1. The normalized spacial score (nSPS) is 17.8. The summed E-state index contributed by atoms with van der Waals surface area (Å²) in [6.45, 7) is 2.15. The Morgan fingerprint density at radius 3 is 2.80 bits per heavy atom. The van der Waals surface area contributed by atoms with Gasteiger partial charge in [0.1, 0.15) is 11.6 Å². The maximum Gasteiger partial charge on any atom is 0.234 e. The third kappa shape index (κ3) is 4.63. The first-order chi connectivity index (χ1) is 12.1. The highest BCUT2D eigenvalue weighted by atomic mass is 19.1. The molecule has 0 aliphatic carbocycles. The monoisotopic (exact) mass is 348 g/mol. The first kappa shape index (κ1) is 17.5. The number of nitrogens with zero attached hydrogens (tertiary/aromatic N) is 3. The second kappa shape index (κ2) is 8.20. The second-order valence-electron chi connectivity index (χ2n) is 6.29. The molecule has 1 atom stereocenters. The zero-order valence-electron chi connectivity index (χ0n) is 14.0. The van der Waals surface area contributed by atoms with Gasteiger partial charge in [0.05, 0.1) is 13.1 Å². The SMILES string of the molecule is O=C(CN1CCCC1Cn1cccn1)NCCc1c(F)cccc1F. The van der Waals surface area contributed by atoms with Gasteiger partial charge in [-0.3, -0.25) is 14.4 Å². The van der Waals surface area contributed by atoms with Gasteiger partial charge in [-0.1, -0.05) is 6.07 Å². The van der Waals surface area contributed by atoms with Crippen molar-refractivity contribution in [2.24, 2.45) is 0 Å². The molecule has 134 valence electrons. The number of carbonyl (C=O) groups excluding carboxylic acids is 1. The van der Waals surface area contributed by atoms with Crippen LogP contribution >= 0.6 is 0 Å². The predicted octanol–water partition coefficient (Wildman–Crippen LogP) is 1.98. The van der Waals surface area contributed by atoms with Crippen LogP contribution in [0.2, 0.25) is 0 Å². The first-order valence-electron chi connectivity index (χ1n) is 8.54. The molecule has 1 aromatic heterocycles. The van der Waals surface area contributed by atoms with Gasteiger partial charge in [0, 0.05) is 30.5 Å². The Bertz CT molecular complexity index is 685. The van der Waals surface area contributed by atoms with E-state index in [0.29, 0.717) is 6.54 Å². The van der Waals surface area contributed by atoms with Gasteiger partial charge in [0.15, 0.2) is 0 Å². The molecular formula is C18H22F2N4O. The zero-order chi connectivity index (χ0) is 17.6. The van der Waals surface area contributed by atoms with E-state index in [1.165, 1.54) is 18.2 Å². The maximum atomic E-state index is 13.6. The lowest BCUT2D eigenvalue weighted by atomic mass is 10.1. The lowest BCUT2D eigenvalue weighted by Gasteiger charge is -2.23. The molecule has 5 nitrogen and oxygen atoms in total. The smallest absolute Gasteiger partial charge is 0.234 e. The lowest BCUT2D eigenvalue weighted by molar-refractivity contribution is -0.122. The lowest BCUT2D eigenvalue weighted by Crippen LogP contribution is -2.41. The van der Waals surface area contributed by atoms with Crippen molar-refractivity contribution >= 4 is 5.91 Å². The summed E-state index contributed by atoms with van der Waals surface area (Å²) in [5.74, 6) is -1.27. The number of halogens is 2. The van der Waals surface area contributed by atoms with Crippen molar-refractivity contribution < 1.29 is 13.6 Å². The van der Waals surface area contributed by atoms with Gasteiger partial charge in [-0.2, -0.15) is 5.10 Å². The molecule has 1 saturated heterocycles. The molecule has 1 fully saturated rings. The summed E-state index contributed by atoms with van der Waals surface area (Å²) >= 11 is 0. The molecule has 1 aliphatic rings. The standard InChI is InChI=1S/C18H22F2N4O/c19-16-5-1-6-17(20)15(16)7-9-21-18(25)13-23-10-2-4-14(23)12-24-11-3-8-22-24/h1,3,5-6,8,11,14H,2,4,7,9-10,12-13H2,(H,21,25). The van der Waals surface area contributed by atoms with Gasteiger partial charge < -0.3 is 5.32 Å². The molecular weight excluding hydrogens is 326 g/mol. The molecule has 0 radical (unpaired) electrons. The van der Waals surface area contributed by atoms with E-state index in [0.717, 1.165) is 25.9 Å². The van der Waals surface area contributed by atoms with Crippen molar-refractivity contribution in [3.05, 3.63) is 53.9 Å². The summed E-state index contributed by atoms with van der Waals surface area (Å²) in [5.41, 5.74) is 0.0144. The Morgan fingerprint density at radius 1 is 1.28 bits per heavy atom. The summed E-state index contributed by atoms with van der Waals surface area (Å²) in [6, 6.07) is 5.96. The first-order valence-corrected chi connectivity index (χ1v) is 8.54. The zero-order valence-corrected chi connectivity index (χ0v) is 14.0. The molecule has 2 aromatic rings. The number of amides is 1. The quantitative estimate of drug-likeness (QED) is 0.832. The number of rotatable bonds is 7. The van der Waals surface area contributed by atoms with Crippen LogP contribution in [-0.2, 0) is 17.8 Å². The Morgan fingerprint density at radius 2 is 2.08 bits per heavy atom. The van der Waals surface area contributed by atoms with Crippen LogP contribution in [0.3, 0.4) is 0 Å². The van der Waals surface area contributed by atoms with Gasteiger partial charge in [-0.25, -0.2) is 8.78 Å². The van der Waals surface area contributed by atoms with Crippen LogP contribution in [0.4, 0.5) is 8.78 Å². The largest absolute Gasteiger partial charge is 0.355 e. The Labute approximate surface area is 145 Å². The third-order valence-electron chi connectivity index (χ3n) is 4.56. The van der Waals surface area contributed by atoms with Gasteiger partial charge in [-0.15, -0.1) is 0 Å². The van der Waals surface area contributed by atoms with E-state index in [2.05, 4.69) is 15.3 Å². The summed E-state index contributed by atoms with van der Waals surface area (Å²) in [4.78, 5) is 14.3. The Balaban J connectivity index is 1.45. The van der Waals surface area contributed by atoms with Crippen molar-refractivity contribution in [2.45, 2.75) is 31.8 Å². The minimum absolute atomic E-state index is 0.0144. The van der Waals surface area contributed by atoms with Gasteiger partial charge in [-0.05, 0) is 44.0 Å². The van der Waals surface area contributed by atoms with E-state index in [9.17, 15) is 13.6 Å². The van der Waals surface area contributed by atoms with Gasteiger partial charge in [0.2, 0.25) is 5.91 Å². The molecule has 1 unspecified atom stereocenters. The Hall–Kier alpha value is -2.28.